The molecule has 0 spiro atoms. The molecule has 0 atom stereocenters. The second-order valence-electron chi connectivity index (χ2n) is 4.96. The molecule has 1 rings (SSSR count). The molecule has 1 aromatic carbocycles. The van der Waals surface area contributed by atoms with Crippen LogP contribution in [-0.4, -0.2) is 38.2 Å². The first kappa shape index (κ1) is 17.8. The van der Waals surface area contributed by atoms with E-state index >= 15 is 0 Å². The van der Waals surface area contributed by atoms with E-state index < -0.39 is 5.97 Å². The van der Waals surface area contributed by atoms with Crippen molar-refractivity contribution in [2.45, 2.75) is 33.3 Å². The predicted octanol–water partition coefficient (Wildman–Crippen LogP) is 2.17. The summed E-state index contributed by atoms with van der Waals surface area (Å²) in [5.74, 6) is 0.0938. The van der Waals surface area contributed by atoms with E-state index in [0.29, 0.717) is 23.6 Å². The number of nitrogens with one attached hydrogen (secondary N) is 1. The number of benzene rings is 1. The molecule has 122 valence electrons. The Morgan fingerprint density at radius 3 is 2.55 bits per heavy atom. The van der Waals surface area contributed by atoms with Gasteiger partial charge in [-0.3, -0.25) is 4.79 Å². The van der Waals surface area contributed by atoms with Gasteiger partial charge in [-0.1, -0.05) is 6.92 Å². The zero-order valence-electron chi connectivity index (χ0n) is 13.5. The van der Waals surface area contributed by atoms with Gasteiger partial charge in [0.2, 0.25) is 0 Å². The van der Waals surface area contributed by atoms with E-state index in [-0.39, 0.29) is 18.6 Å². The Bertz CT molecular complexity index is 513. The largest absolute Gasteiger partial charge is 0.493 e. The van der Waals surface area contributed by atoms with Crippen molar-refractivity contribution in [1.82, 2.24) is 5.32 Å². The second kappa shape index (κ2) is 8.92. The molecule has 0 bridgehead atoms. The van der Waals surface area contributed by atoms with E-state index in [2.05, 4.69) is 5.32 Å². The number of hydrogen-bond donors (Lipinski definition) is 1. The van der Waals surface area contributed by atoms with Crippen LogP contribution in [0, 0.1) is 0 Å². The van der Waals surface area contributed by atoms with Crippen molar-refractivity contribution in [2.24, 2.45) is 0 Å². The summed E-state index contributed by atoms with van der Waals surface area (Å²) in [4.78, 5) is 23.3. The lowest BCUT2D eigenvalue weighted by molar-refractivity contribution is -0.124. The van der Waals surface area contributed by atoms with Gasteiger partial charge in [-0.25, -0.2) is 4.79 Å². The molecule has 6 heteroatoms. The number of carbonyl (C=O) groups excluding carboxylic acids is 2. The van der Waals surface area contributed by atoms with Gasteiger partial charge < -0.3 is 19.5 Å². The lowest BCUT2D eigenvalue weighted by Gasteiger charge is -2.14. The molecule has 0 heterocycles. The maximum atomic E-state index is 11.9. The summed E-state index contributed by atoms with van der Waals surface area (Å²) in [7, 11) is 1.50. The number of ether oxygens (including phenoxy) is 3. The zero-order chi connectivity index (χ0) is 16.5. The topological polar surface area (TPSA) is 73.9 Å². The highest BCUT2D eigenvalue weighted by molar-refractivity contribution is 5.92. The van der Waals surface area contributed by atoms with Crippen molar-refractivity contribution >= 4 is 11.9 Å². The molecule has 0 aliphatic rings. The average molecular weight is 309 g/mol. The van der Waals surface area contributed by atoms with Crippen LogP contribution in [0.1, 0.15) is 37.6 Å². The first-order valence-corrected chi connectivity index (χ1v) is 7.26. The highest BCUT2D eigenvalue weighted by Crippen LogP contribution is 2.29. The van der Waals surface area contributed by atoms with E-state index in [1.807, 2.05) is 20.8 Å². The molecule has 0 saturated heterocycles. The molecule has 1 aromatic rings. The Morgan fingerprint density at radius 2 is 1.95 bits per heavy atom. The molecule has 0 unspecified atom stereocenters. The van der Waals surface area contributed by atoms with E-state index in [9.17, 15) is 9.59 Å². The van der Waals surface area contributed by atoms with Crippen molar-refractivity contribution < 1.29 is 23.8 Å². The minimum Gasteiger partial charge on any atom is -0.493 e. The summed E-state index contributed by atoms with van der Waals surface area (Å²) in [6, 6.07) is 4.75. The standard InChI is InChI=1S/C16H23NO5/c1-5-8-17-15(18)10-21-16(19)12-6-7-13(22-11(2)3)14(9-12)20-4/h6-7,9,11H,5,8,10H2,1-4H3,(H,17,18). The van der Waals surface area contributed by atoms with Gasteiger partial charge in [-0.05, 0) is 38.5 Å². The maximum absolute atomic E-state index is 11.9. The second-order valence-corrected chi connectivity index (χ2v) is 4.96. The summed E-state index contributed by atoms with van der Waals surface area (Å²) in [6.07, 6.45) is 0.822. The number of amides is 1. The fourth-order valence-corrected chi connectivity index (χ4v) is 1.68. The Labute approximate surface area is 130 Å². The first-order chi connectivity index (χ1) is 10.5. The Kier molecular flexibility index (Phi) is 7.22. The fourth-order valence-electron chi connectivity index (χ4n) is 1.68. The minimum absolute atomic E-state index is 0.00559. The van der Waals surface area contributed by atoms with Crippen LogP contribution in [-0.2, 0) is 9.53 Å². The van der Waals surface area contributed by atoms with Gasteiger partial charge in [-0.15, -0.1) is 0 Å². The number of rotatable bonds is 8. The molecule has 0 aromatic heterocycles. The molecule has 0 aliphatic carbocycles. The molecule has 1 N–H and O–H groups in total. The number of carbonyl (C=O) groups is 2. The normalized spacial score (nSPS) is 10.2. The maximum Gasteiger partial charge on any atom is 0.338 e. The van der Waals surface area contributed by atoms with Crippen LogP contribution in [0.3, 0.4) is 0 Å². The predicted molar refractivity (Wildman–Crippen MR) is 82.3 cm³/mol. The number of methoxy groups -OCH3 is 1. The molecule has 1 amide bonds. The van der Waals surface area contributed by atoms with Crippen LogP contribution in [0.5, 0.6) is 11.5 Å². The van der Waals surface area contributed by atoms with Gasteiger partial charge in [0.1, 0.15) is 0 Å². The Hall–Kier alpha value is -2.24. The van der Waals surface area contributed by atoms with Crippen molar-refractivity contribution in [1.29, 1.82) is 0 Å². The van der Waals surface area contributed by atoms with Gasteiger partial charge in [0.05, 0.1) is 18.8 Å². The fraction of sp³-hybridized carbons (Fsp3) is 0.500. The molecule has 0 fully saturated rings. The van der Waals surface area contributed by atoms with Crippen LogP contribution in [0.15, 0.2) is 18.2 Å². The molecule has 0 radical (unpaired) electrons. The van der Waals surface area contributed by atoms with E-state index in [0.717, 1.165) is 6.42 Å². The summed E-state index contributed by atoms with van der Waals surface area (Å²) in [5.41, 5.74) is 0.302. The van der Waals surface area contributed by atoms with Crippen LogP contribution >= 0.6 is 0 Å². The van der Waals surface area contributed by atoms with Crippen LogP contribution in [0.25, 0.3) is 0 Å². The highest BCUT2D eigenvalue weighted by Gasteiger charge is 2.14. The lowest BCUT2D eigenvalue weighted by atomic mass is 10.2. The van der Waals surface area contributed by atoms with E-state index in [1.165, 1.54) is 13.2 Å². The molecular weight excluding hydrogens is 286 g/mol. The smallest absolute Gasteiger partial charge is 0.338 e. The number of hydrogen-bond acceptors (Lipinski definition) is 5. The highest BCUT2D eigenvalue weighted by atomic mass is 16.5. The van der Waals surface area contributed by atoms with Crippen molar-refractivity contribution in [2.75, 3.05) is 20.3 Å². The summed E-state index contributed by atoms with van der Waals surface area (Å²) >= 11 is 0. The van der Waals surface area contributed by atoms with Crippen LogP contribution < -0.4 is 14.8 Å². The lowest BCUT2D eigenvalue weighted by Crippen LogP contribution is -2.29. The van der Waals surface area contributed by atoms with Gasteiger partial charge in [-0.2, -0.15) is 0 Å². The van der Waals surface area contributed by atoms with Crippen molar-refractivity contribution in [3.8, 4) is 11.5 Å². The molecule has 0 saturated carbocycles. The SMILES string of the molecule is CCCNC(=O)COC(=O)c1ccc(OC(C)C)c(OC)c1. The van der Waals surface area contributed by atoms with E-state index in [4.69, 9.17) is 14.2 Å². The van der Waals surface area contributed by atoms with Crippen molar-refractivity contribution in [3.05, 3.63) is 23.8 Å². The summed E-state index contributed by atoms with van der Waals surface area (Å²) < 4.78 is 15.7. The van der Waals surface area contributed by atoms with Crippen LogP contribution in [0.4, 0.5) is 0 Å². The van der Waals surface area contributed by atoms with Gasteiger partial charge >= 0.3 is 5.97 Å². The molecular formula is C16H23NO5. The van der Waals surface area contributed by atoms with Gasteiger partial charge in [0, 0.05) is 6.54 Å². The minimum atomic E-state index is -0.582. The molecule has 22 heavy (non-hydrogen) atoms. The quantitative estimate of drug-likeness (QED) is 0.745. The van der Waals surface area contributed by atoms with E-state index in [1.54, 1.807) is 12.1 Å². The van der Waals surface area contributed by atoms with Gasteiger partial charge in [0.15, 0.2) is 18.1 Å². The van der Waals surface area contributed by atoms with Crippen LogP contribution in [0.2, 0.25) is 0 Å². The average Bonchev–Trinajstić information content (AvgIpc) is 2.50. The first-order valence-electron chi connectivity index (χ1n) is 7.26. The third-order valence-corrected chi connectivity index (χ3v) is 2.67. The molecule has 6 nitrogen and oxygen atoms in total. The van der Waals surface area contributed by atoms with Gasteiger partial charge in [0.25, 0.3) is 5.91 Å². The molecule has 0 aliphatic heterocycles. The summed E-state index contributed by atoms with van der Waals surface area (Å²) in [6.45, 7) is 6.00. The van der Waals surface area contributed by atoms with Crippen molar-refractivity contribution in [3.63, 3.8) is 0 Å². The Morgan fingerprint density at radius 1 is 1.23 bits per heavy atom. The monoisotopic (exact) mass is 309 g/mol. The zero-order valence-corrected chi connectivity index (χ0v) is 13.5. The third kappa shape index (κ3) is 5.63. The summed E-state index contributed by atoms with van der Waals surface area (Å²) in [5, 5.41) is 2.63. The Balaban J connectivity index is 2.67. The number of esters is 1. The third-order valence-electron chi connectivity index (χ3n) is 2.67.